The van der Waals surface area contributed by atoms with Crippen molar-refractivity contribution in [2.24, 2.45) is 0 Å². The largest absolute Gasteiger partial charge is 0.450 e. The number of hydrogen-bond donors (Lipinski definition) is 0. The summed E-state index contributed by atoms with van der Waals surface area (Å²) in [5.41, 5.74) is 0. The molecule has 0 bridgehead atoms. The standard InChI is InChI=1S/C10H19NO2/c1-4-13-10(12)11-8(2)6-5-7-9(11)3/h8-9H,4-7H2,1-3H3. The van der Waals surface area contributed by atoms with Gasteiger partial charge >= 0.3 is 6.09 Å². The summed E-state index contributed by atoms with van der Waals surface area (Å²) in [7, 11) is 0. The molecule has 0 aromatic heterocycles. The van der Waals surface area contributed by atoms with Crippen LogP contribution in [-0.2, 0) is 4.74 Å². The second kappa shape index (κ2) is 4.49. The second-order valence-corrected chi connectivity index (χ2v) is 3.74. The molecule has 0 aliphatic carbocycles. The summed E-state index contributed by atoms with van der Waals surface area (Å²) in [6, 6.07) is 0.672. The Bertz CT molecular complexity index is 172. The van der Waals surface area contributed by atoms with Crippen LogP contribution in [0.5, 0.6) is 0 Å². The number of amides is 1. The summed E-state index contributed by atoms with van der Waals surface area (Å²) in [5.74, 6) is 0. The molecule has 3 heteroatoms. The Balaban J connectivity index is 2.57. The zero-order valence-corrected chi connectivity index (χ0v) is 8.75. The highest BCUT2D eigenvalue weighted by Crippen LogP contribution is 2.22. The van der Waals surface area contributed by atoms with Crippen LogP contribution in [0.25, 0.3) is 0 Å². The minimum absolute atomic E-state index is 0.151. The molecule has 0 saturated carbocycles. The number of piperidine rings is 1. The van der Waals surface area contributed by atoms with E-state index in [2.05, 4.69) is 13.8 Å². The number of rotatable bonds is 1. The van der Waals surface area contributed by atoms with Gasteiger partial charge in [-0.15, -0.1) is 0 Å². The molecule has 3 nitrogen and oxygen atoms in total. The Morgan fingerprint density at radius 1 is 1.38 bits per heavy atom. The normalized spacial score (nSPS) is 28.7. The molecule has 0 spiro atoms. The van der Waals surface area contributed by atoms with Gasteiger partial charge in [-0.25, -0.2) is 4.79 Å². The van der Waals surface area contributed by atoms with Crippen molar-refractivity contribution in [1.29, 1.82) is 0 Å². The highest BCUT2D eigenvalue weighted by atomic mass is 16.6. The number of hydrogen-bond acceptors (Lipinski definition) is 2. The van der Waals surface area contributed by atoms with Gasteiger partial charge in [-0.3, -0.25) is 0 Å². The first-order valence-corrected chi connectivity index (χ1v) is 5.12. The average molecular weight is 185 g/mol. The molecule has 1 saturated heterocycles. The van der Waals surface area contributed by atoms with Gasteiger partial charge in [0.2, 0.25) is 0 Å². The van der Waals surface area contributed by atoms with Gasteiger partial charge < -0.3 is 9.64 Å². The lowest BCUT2D eigenvalue weighted by Crippen LogP contribution is -2.47. The van der Waals surface area contributed by atoms with E-state index in [1.807, 2.05) is 11.8 Å². The lowest BCUT2D eigenvalue weighted by molar-refractivity contribution is 0.0585. The van der Waals surface area contributed by atoms with Crippen molar-refractivity contribution >= 4 is 6.09 Å². The van der Waals surface area contributed by atoms with Crippen molar-refractivity contribution in [3.8, 4) is 0 Å². The van der Waals surface area contributed by atoms with Crippen LogP contribution >= 0.6 is 0 Å². The smallest absolute Gasteiger partial charge is 0.410 e. The third kappa shape index (κ3) is 2.36. The number of carbonyl (C=O) groups excluding carboxylic acids is 1. The number of nitrogens with zero attached hydrogens (tertiary/aromatic N) is 1. The third-order valence-electron chi connectivity index (χ3n) is 2.67. The van der Waals surface area contributed by atoms with E-state index in [0.29, 0.717) is 18.7 Å². The van der Waals surface area contributed by atoms with Gasteiger partial charge in [0.05, 0.1) is 6.61 Å². The molecule has 0 radical (unpaired) electrons. The highest BCUT2D eigenvalue weighted by Gasteiger charge is 2.29. The maximum Gasteiger partial charge on any atom is 0.410 e. The lowest BCUT2D eigenvalue weighted by Gasteiger charge is -2.37. The molecule has 0 N–H and O–H groups in total. The van der Waals surface area contributed by atoms with Crippen LogP contribution in [0, 0.1) is 0 Å². The van der Waals surface area contributed by atoms with E-state index < -0.39 is 0 Å². The summed E-state index contributed by atoms with van der Waals surface area (Å²) in [4.78, 5) is 13.4. The number of likely N-dealkylation sites (tertiary alicyclic amines) is 1. The zero-order valence-electron chi connectivity index (χ0n) is 8.75. The maximum absolute atomic E-state index is 11.5. The molecule has 0 aromatic carbocycles. The van der Waals surface area contributed by atoms with E-state index in [4.69, 9.17) is 4.74 Å². The lowest BCUT2D eigenvalue weighted by atomic mass is 9.98. The first-order chi connectivity index (χ1) is 6.16. The van der Waals surface area contributed by atoms with Crippen molar-refractivity contribution in [2.45, 2.75) is 52.1 Å². The van der Waals surface area contributed by atoms with Gasteiger partial charge in [-0.05, 0) is 40.0 Å². The molecule has 1 aliphatic heterocycles. The summed E-state index contributed by atoms with van der Waals surface area (Å²) in [6.07, 6.45) is 3.27. The van der Waals surface area contributed by atoms with Crippen molar-refractivity contribution in [1.82, 2.24) is 4.90 Å². The SMILES string of the molecule is CCOC(=O)N1C(C)CCCC1C. The van der Waals surface area contributed by atoms with Crippen LogP contribution in [0.15, 0.2) is 0 Å². The minimum Gasteiger partial charge on any atom is -0.450 e. The first-order valence-electron chi connectivity index (χ1n) is 5.12. The van der Waals surface area contributed by atoms with Gasteiger partial charge in [-0.1, -0.05) is 0 Å². The molecular formula is C10H19NO2. The summed E-state index contributed by atoms with van der Waals surface area (Å²) in [5, 5.41) is 0. The Kier molecular flexibility index (Phi) is 3.58. The fourth-order valence-electron chi connectivity index (χ4n) is 1.98. The van der Waals surface area contributed by atoms with Gasteiger partial charge in [0.15, 0.2) is 0 Å². The van der Waals surface area contributed by atoms with Crippen LogP contribution in [0.2, 0.25) is 0 Å². The van der Waals surface area contributed by atoms with Gasteiger partial charge in [-0.2, -0.15) is 0 Å². The maximum atomic E-state index is 11.5. The van der Waals surface area contributed by atoms with E-state index in [-0.39, 0.29) is 6.09 Å². The van der Waals surface area contributed by atoms with Crippen LogP contribution in [0.3, 0.4) is 0 Å². The van der Waals surface area contributed by atoms with Gasteiger partial charge in [0, 0.05) is 12.1 Å². The Morgan fingerprint density at radius 2 is 1.92 bits per heavy atom. The molecule has 2 atom stereocenters. The van der Waals surface area contributed by atoms with Gasteiger partial charge in [0.1, 0.15) is 0 Å². The van der Waals surface area contributed by atoms with Gasteiger partial charge in [0.25, 0.3) is 0 Å². The summed E-state index contributed by atoms with van der Waals surface area (Å²) < 4.78 is 5.01. The fourth-order valence-corrected chi connectivity index (χ4v) is 1.98. The third-order valence-corrected chi connectivity index (χ3v) is 2.67. The minimum atomic E-state index is -0.151. The predicted molar refractivity (Wildman–Crippen MR) is 51.6 cm³/mol. The van der Waals surface area contributed by atoms with E-state index in [1.54, 1.807) is 0 Å². The molecule has 76 valence electrons. The highest BCUT2D eigenvalue weighted by molar-refractivity contribution is 5.68. The fraction of sp³-hybridized carbons (Fsp3) is 0.900. The zero-order chi connectivity index (χ0) is 9.84. The Labute approximate surface area is 80.1 Å². The molecular weight excluding hydrogens is 166 g/mol. The summed E-state index contributed by atoms with van der Waals surface area (Å²) in [6.45, 7) is 6.49. The Morgan fingerprint density at radius 3 is 2.38 bits per heavy atom. The number of carbonyl (C=O) groups is 1. The molecule has 2 unspecified atom stereocenters. The van der Waals surface area contributed by atoms with E-state index >= 15 is 0 Å². The van der Waals surface area contributed by atoms with Crippen LogP contribution in [-0.4, -0.2) is 29.7 Å². The average Bonchev–Trinajstić information content (AvgIpc) is 2.04. The summed E-state index contributed by atoms with van der Waals surface area (Å²) >= 11 is 0. The van der Waals surface area contributed by atoms with E-state index in [9.17, 15) is 4.79 Å². The van der Waals surface area contributed by atoms with E-state index in [0.717, 1.165) is 12.8 Å². The van der Waals surface area contributed by atoms with Crippen LogP contribution in [0.4, 0.5) is 4.79 Å². The second-order valence-electron chi connectivity index (χ2n) is 3.74. The predicted octanol–water partition coefficient (Wildman–Crippen LogP) is 2.41. The monoisotopic (exact) mass is 185 g/mol. The molecule has 0 aromatic rings. The quantitative estimate of drug-likeness (QED) is 0.627. The van der Waals surface area contributed by atoms with Crippen molar-refractivity contribution in [3.05, 3.63) is 0 Å². The molecule has 1 rings (SSSR count). The molecule has 1 fully saturated rings. The molecule has 1 aliphatic rings. The van der Waals surface area contributed by atoms with Crippen molar-refractivity contribution in [3.63, 3.8) is 0 Å². The first kappa shape index (κ1) is 10.4. The van der Waals surface area contributed by atoms with Crippen molar-refractivity contribution < 1.29 is 9.53 Å². The molecule has 1 heterocycles. The Hall–Kier alpha value is -0.730. The molecule has 13 heavy (non-hydrogen) atoms. The van der Waals surface area contributed by atoms with E-state index in [1.165, 1.54) is 6.42 Å². The van der Waals surface area contributed by atoms with Crippen LogP contribution in [0.1, 0.15) is 40.0 Å². The van der Waals surface area contributed by atoms with Crippen molar-refractivity contribution in [2.75, 3.05) is 6.61 Å². The topological polar surface area (TPSA) is 29.5 Å². The van der Waals surface area contributed by atoms with Crippen LogP contribution < -0.4 is 0 Å². The number of ether oxygens (including phenoxy) is 1. The molecule has 1 amide bonds.